The normalized spacial score (nSPS) is 16.9. The highest BCUT2D eigenvalue weighted by molar-refractivity contribution is 6.22. The van der Waals surface area contributed by atoms with E-state index in [1.165, 1.54) is 4.90 Å². The number of nitrogens with zero attached hydrogens (tertiary/aromatic N) is 2. The average Bonchev–Trinajstić information content (AvgIpc) is 3.38. The Morgan fingerprint density at radius 3 is 2.36 bits per heavy atom. The Bertz CT molecular complexity index is 1200. The first-order chi connectivity index (χ1) is 16.1. The number of hydrogen-bond donors (Lipinski definition) is 1. The number of ether oxygens (including phenoxy) is 2. The molecular formula is C25H21N3O5. The van der Waals surface area contributed by atoms with E-state index in [1.54, 1.807) is 48.5 Å². The van der Waals surface area contributed by atoms with Gasteiger partial charge in [0.1, 0.15) is 6.04 Å². The number of urea groups is 1. The molecule has 2 heterocycles. The summed E-state index contributed by atoms with van der Waals surface area (Å²) in [5, 5.41) is 2.79. The van der Waals surface area contributed by atoms with E-state index in [1.807, 2.05) is 30.3 Å². The number of amides is 4. The van der Waals surface area contributed by atoms with Crippen LogP contribution in [0, 0.1) is 0 Å². The van der Waals surface area contributed by atoms with Crippen molar-refractivity contribution in [1.82, 2.24) is 4.90 Å². The Balaban J connectivity index is 1.42. The lowest BCUT2D eigenvalue weighted by Crippen LogP contribution is -2.37. The van der Waals surface area contributed by atoms with E-state index in [2.05, 4.69) is 5.32 Å². The summed E-state index contributed by atoms with van der Waals surface area (Å²) in [5.74, 6) is 0.434. The molecule has 0 radical (unpaired) electrons. The van der Waals surface area contributed by atoms with E-state index in [0.29, 0.717) is 22.9 Å². The van der Waals surface area contributed by atoms with Crippen molar-refractivity contribution in [3.05, 3.63) is 84.4 Å². The summed E-state index contributed by atoms with van der Waals surface area (Å²) in [6, 6.07) is 21.7. The SMILES string of the molecule is O=C(C[C@H]1C(=O)N(c2ccccc2)C(=O)N1Cc1ccc2c(c1)OCO2)Nc1ccccc1. The third kappa shape index (κ3) is 4.10. The van der Waals surface area contributed by atoms with Gasteiger partial charge < -0.3 is 19.7 Å². The highest BCUT2D eigenvalue weighted by Gasteiger charge is 2.46. The summed E-state index contributed by atoms with van der Waals surface area (Å²) in [6.07, 6.45) is -0.159. The van der Waals surface area contributed by atoms with Crippen LogP contribution in [-0.2, 0) is 16.1 Å². The minimum atomic E-state index is -0.938. The number of nitrogens with one attached hydrogen (secondary N) is 1. The Morgan fingerprint density at radius 1 is 0.909 bits per heavy atom. The quantitative estimate of drug-likeness (QED) is 0.586. The first-order valence-corrected chi connectivity index (χ1v) is 10.5. The molecule has 0 bridgehead atoms. The van der Waals surface area contributed by atoms with Crippen LogP contribution in [0.4, 0.5) is 16.2 Å². The summed E-state index contributed by atoms with van der Waals surface area (Å²) in [6.45, 7) is 0.289. The van der Waals surface area contributed by atoms with Crippen LogP contribution in [0.25, 0.3) is 0 Å². The van der Waals surface area contributed by atoms with Crippen molar-refractivity contribution in [2.24, 2.45) is 0 Å². The molecule has 8 heteroatoms. The van der Waals surface area contributed by atoms with Crippen molar-refractivity contribution in [2.75, 3.05) is 17.0 Å². The monoisotopic (exact) mass is 443 g/mol. The topological polar surface area (TPSA) is 88.2 Å². The molecule has 5 rings (SSSR count). The summed E-state index contributed by atoms with van der Waals surface area (Å²) in [4.78, 5) is 42.0. The lowest BCUT2D eigenvalue weighted by Gasteiger charge is -2.22. The average molecular weight is 443 g/mol. The van der Waals surface area contributed by atoms with Crippen LogP contribution in [0.15, 0.2) is 78.9 Å². The van der Waals surface area contributed by atoms with E-state index in [0.717, 1.165) is 10.5 Å². The molecule has 1 fully saturated rings. The molecule has 1 N–H and O–H groups in total. The smallest absolute Gasteiger partial charge is 0.332 e. The highest BCUT2D eigenvalue weighted by atomic mass is 16.7. The second kappa shape index (κ2) is 8.66. The first kappa shape index (κ1) is 20.6. The van der Waals surface area contributed by atoms with Gasteiger partial charge in [-0.15, -0.1) is 0 Å². The number of carbonyl (C=O) groups is 3. The standard InChI is InChI=1S/C25H21N3O5/c29-23(26-18-7-3-1-4-8-18)14-20-24(30)28(19-9-5-2-6-10-19)25(31)27(20)15-17-11-12-21-22(13-17)33-16-32-21/h1-13,20H,14-16H2,(H,26,29)/t20-/m0/s1. The van der Waals surface area contributed by atoms with Gasteiger partial charge in [-0.05, 0) is 42.0 Å². The molecule has 1 atom stereocenters. The predicted octanol–water partition coefficient (Wildman–Crippen LogP) is 3.78. The second-order valence-corrected chi connectivity index (χ2v) is 7.74. The van der Waals surface area contributed by atoms with Crippen molar-refractivity contribution in [3.63, 3.8) is 0 Å². The van der Waals surface area contributed by atoms with Crippen molar-refractivity contribution in [3.8, 4) is 11.5 Å². The van der Waals surface area contributed by atoms with E-state index in [9.17, 15) is 14.4 Å². The third-order valence-corrected chi connectivity index (χ3v) is 5.56. The van der Waals surface area contributed by atoms with Gasteiger partial charge in [0.05, 0.1) is 12.1 Å². The molecule has 3 aromatic rings. The maximum atomic E-state index is 13.3. The summed E-state index contributed by atoms with van der Waals surface area (Å²) in [5.41, 5.74) is 1.86. The Kier molecular flexibility index (Phi) is 5.40. The van der Waals surface area contributed by atoms with Gasteiger partial charge in [0.15, 0.2) is 11.5 Å². The molecule has 33 heavy (non-hydrogen) atoms. The van der Waals surface area contributed by atoms with Gasteiger partial charge in [0, 0.05) is 12.2 Å². The van der Waals surface area contributed by atoms with Crippen molar-refractivity contribution in [2.45, 2.75) is 19.0 Å². The molecule has 2 aliphatic heterocycles. The molecule has 8 nitrogen and oxygen atoms in total. The van der Waals surface area contributed by atoms with Gasteiger partial charge in [0.2, 0.25) is 12.7 Å². The minimum absolute atomic E-state index is 0.143. The molecule has 0 aliphatic carbocycles. The first-order valence-electron chi connectivity index (χ1n) is 10.5. The van der Waals surface area contributed by atoms with Crippen molar-refractivity contribution >= 4 is 29.2 Å². The number of fused-ring (bicyclic) bond motifs is 1. The fraction of sp³-hybridized carbons (Fsp3) is 0.160. The molecule has 3 aromatic carbocycles. The van der Waals surface area contributed by atoms with Crippen LogP contribution < -0.4 is 19.7 Å². The Morgan fingerprint density at radius 2 is 1.61 bits per heavy atom. The van der Waals surface area contributed by atoms with Crippen LogP contribution in [0.1, 0.15) is 12.0 Å². The zero-order valence-corrected chi connectivity index (χ0v) is 17.6. The number of benzene rings is 3. The van der Waals surface area contributed by atoms with Gasteiger partial charge in [-0.1, -0.05) is 42.5 Å². The highest BCUT2D eigenvalue weighted by Crippen LogP contribution is 2.34. The molecule has 4 amide bonds. The van der Waals surface area contributed by atoms with Gasteiger partial charge >= 0.3 is 6.03 Å². The number of hydrogen-bond acceptors (Lipinski definition) is 5. The number of para-hydroxylation sites is 2. The van der Waals surface area contributed by atoms with Gasteiger partial charge in [-0.3, -0.25) is 9.59 Å². The van der Waals surface area contributed by atoms with E-state index < -0.39 is 18.0 Å². The largest absolute Gasteiger partial charge is 0.454 e. The molecule has 1 saturated heterocycles. The molecular weight excluding hydrogens is 422 g/mol. The molecule has 166 valence electrons. The molecule has 0 saturated carbocycles. The number of anilines is 2. The van der Waals surface area contributed by atoms with E-state index in [4.69, 9.17) is 9.47 Å². The summed E-state index contributed by atoms with van der Waals surface area (Å²) in [7, 11) is 0. The van der Waals surface area contributed by atoms with Gasteiger partial charge in [-0.25, -0.2) is 9.69 Å². The molecule has 0 aromatic heterocycles. The van der Waals surface area contributed by atoms with Crippen molar-refractivity contribution < 1.29 is 23.9 Å². The molecule has 2 aliphatic rings. The van der Waals surface area contributed by atoms with E-state index >= 15 is 0 Å². The van der Waals surface area contributed by atoms with Crippen LogP contribution in [0.2, 0.25) is 0 Å². The number of rotatable bonds is 6. The summed E-state index contributed by atoms with van der Waals surface area (Å²) >= 11 is 0. The fourth-order valence-electron chi connectivity index (χ4n) is 3.97. The van der Waals surface area contributed by atoms with Gasteiger partial charge in [0.25, 0.3) is 5.91 Å². The summed E-state index contributed by atoms with van der Waals surface area (Å²) < 4.78 is 10.8. The maximum Gasteiger partial charge on any atom is 0.332 e. The zero-order valence-electron chi connectivity index (χ0n) is 17.6. The van der Waals surface area contributed by atoms with Crippen LogP contribution >= 0.6 is 0 Å². The predicted molar refractivity (Wildman–Crippen MR) is 121 cm³/mol. The Labute approximate surface area is 190 Å². The minimum Gasteiger partial charge on any atom is -0.454 e. The Hall–Kier alpha value is -4.33. The zero-order chi connectivity index (χ0) is 22.8. The third-order valence-electron chi connectivity index (χ3n) is 5.56. The molecule has 0 unspecified atom stereocenters. The maximum absolute atomic E-state index is 13.3. The number of carbonyl (C=O) groups excluding carboxylic acids is 3. The van der Waals surface area contributed by atoms with Crippen molar-refractivity contribution in [1.29, 1.82) is 0 Å². The van der Waals surface area contributed by atoms with Crippen LogP contribution in [-0.4, -0.2) is 35.6 Å². The lowest BCUT2D eigenvalue weighted by molar-refractivity contribution is -0.124. The molecule has 0 spiro atoms. The second-order valence-electron chi connectivity index (χ2n) is 7.74. The van der Waals surface area contributed by atoms with Gasteiger partial charge in [-0.2, -0.15) is 0 Å². The number of imide groups is 1. The lowest BCUT2D eigenvalue weighted by atomic mass is 10.1. The fourth-order valence-corrected chi connectivity index (χ4v) is 3.97. The van der Waals surface area contributed by atoms with Crippen LogP contribution in [0.3, 0.4) is 0 Å². The van der Waals surface area contributed by atoms with Crippen LogP contribution in [0.5, 0.6) is 11.5 Å². The van der Waals surface area contributed by atoms with E-state index in [-0.39, 0.29) is 25.7 Å².